The summed E-state index contributed by atoms with van der Waals surface area (Å²) in [5.41, 5.74) is 2.01. The molecule has 1 aromatic carbocycles. The van der Waals surface area contributed by atoms with E-state index in [9.17, 15) is 4.39 Å². The zero-order valence-corrected chi connectivity index (χ0v) is 12.6. The fourth-order valence-electron chi connectivity index (χ4n) is 2.15. The zero-order valence-electron chi connectivity index (χ0n) is 12.6. The van der Waals surface area contributed by atoms with Crippen molar-refractivity contribution in [2.45, 2.75) is 13.0 Å². The molecule has 0 radical (unpaired) electrons. The summed E-state index contributed by atoms with van der Waals surface area (Å²) in [5.74, 6) is -0.206. The minimum Gasteiger partial charge on any atom is -0.385 e. The molecule has 4 nitrogen and oxygen atoms in total. The number of ether oxygens (including phenoxy) is 2. The van der Waals surface area contributed by atoms with E-state index < -0.39 is 0 Å². The molecule has 1 rings (SSSR count). The van der Waals surface area contributed by atoms with Gasteiger partial charge in [-0.3, -0.25) is 0 Å². The summed E-state index contributed by atoms with van der Waals surface area (Å²) in [6.07, 6.45) is 0.927. The van der Waals surface area contributed by atoms with Gasteiger partial charge in [0.1, 0.15) is 5.82 Å². The Labute approximate surface area is 120 Å². The molecule has 20 heavy (non-hydrogen) atoms. The first-order valence-corrected chi connectivity index (χ1v) is 6.88. The van der Waals surface area contributed by atoms with Gasteiger partial charge in [-0.2, -0.15) is 0 Å². The Kier molecular flexibility index (Phi) is 8.18. The number of anilines is 1. The zero-order chi connectivity index (χ0) is 14.8. The lowest BCUT2D eigenvalue weighted by molar-refractivity contribution is 0.191. The van der Waals surface area contributed by atoms with Crippen LogP contribution in [-0.2, 0) is 16.0 Å². The van der Waals surface area contributed by atoms with Crippen LogP contribution in [0.25, 0.3) is 0 Å². The number of rotatable bonds is 10. The van der Waals surface area contributed by atoms with Crippen molar-refractivity contribution in [2.24, 2.45) is 0 Å². The van der Waals surface area contributed by atoms with E-state index in [1.54, 1.807) is 20.3 Å². The van der Waals surface area contributed by atoms with E-state index in [0.29, 0.717) is 19.8 Å². The van der Waals surface area contributed by atoms with E-state index >= 15 is 0 Å². The monoisotopic (exact) mass is 284 g/mol. The van der Waals surface area contributed by atoms with Crippen molar-refractivity contribution in [1.82, 2.24) is 5.32 Å². The first kappa shape index (κ1) is 16.9. The number of halogens is 1. The van der Waals surface area contributed by atoms with Crippen LogP contribution in [0.2, 0.25) is 0 Å². The summed E-state index contributed by atoms with van der Waals surface area (Å²) in [7, 11) is 5.25. The summed E-state index contributed by atoms with van der Waals surface area (Å²) >= 11 is 0. The van der Waals surface area contributed by atoms with Gasteiger partial charge in [-0.1, -0.05) is 0 Å². The van der Waals surface area contributed by atoms with Gasteiger partial charge in [0, 0.05) is 46.1 Å². The van der Waals surface area contributed by atoms with E-state index in [1.165, 1.54) is 6.07 Å². The molecule has 5 heteroatoms. The second kappa shape index (κ2) is 9.69. The molecule has 0 heterocycles. The van der Waals surface area contributed by atoms with Crippen LogP contribution >= 0.6 is 0 Å². The molecule has 1 N–H and O–H groups in total. The summed E-state index contributed by atoms with van der Waals surface area (Å²) in [6.45, 7) is 3.64. The molecule has 0 bridgehead atoms. The number of benzene rings is 1. The van der Waals surface area contributed by atoms with Crippen LogP contribution in [-0.4, -0.2) is 47.6 Å². The van der Waals surface area contributed by atoms with Crippen LogP contribution in [0.1, 0.15) is 12.0 Å². The molecule has 1 aromatic rings. The lowest BCUT2D eigenvalue weighted by atomic mass is 10.1. The van der Waals surface area contributed by atoms with Gasteiger partial charge >= 0.3 is 0 Å². The largest absolute Gasteiger partial charge is 0.385 e. The SMILES string of the molecule is CNCc1cc(F)ccc1N(CCCOC)CCOC. The highest BCUT2D eigenvalue weighted by molar-refractivity contribution is 5.54. The predicted molar refractivity (Wildman–Crippen MR) is 79.7 cm³/mol. The third-order valence-corrected chi connectivity index (χ3v) is 3.09. The molecule has 0 atom stereocenters. The fraction of sp³-hybridized carbons (Fsp3) is 0.600. The van der Waals surface area contributed by atoms with E-state index in [2.05, 4.69) is 10.2 Å². The minimum absolute atomic E-state index is 0.206. The molecular formula is C15H25FN2O2. The predicted octanol–water partition coefficient (Wildman–Crippen LogP) is 2.03. The highest BCUT2D eigenvalue weighted by atomic mass is 19.1. The normalized spacial score (nSPS) is 10.8. The second-order valence-electron chi connectivity index (χ2n) is 4.63. The molecular weight excluding hydrogens is 259 g/mol. The molecule has 0 aliphatic rings. The average molecular weight is 284 g/mol. The third kappa shape index (κ3) is 5.45. The van der Waals surface area contributed by atoms with Crippen molar-refractivity contribution in [3.8, 4) is 0 Å². The lowest BCUT2D eigenvalue weighted by Gasteiger charge is -2.27. The highest BCUT2D eigenvalue weighted by Crippen LogP contribution is 2.22. The maximum Gasteiger partial charge on any atom is 0.123 e. The van der Waals surface area contributed by atoms with Crippen LogP contribution in [0, 0.1) is 5.82 Å². The van der Waals surface area contributed by atoms with Gasteiger partial charge in [0.15, 0.2) is 0 Å². The van der Waals surface area contributed by atoms with Gasteiger partial charge in [-0.15, -0.1) is 0 Å². The van der Waals surface area contributed by atoms with Crippen LogP contribution in [0.4, 0.5) is 10.1 Å². The topological polar surface area (TPSA) is 33.7 Å². The Bertz CT molecular complexity index is 388. The third-order valence-electron chi connectivity index (χ3n) is 3.09. The van der Waals surface area contributed by atoms with Crippen LogP contribution in [0.15, 0.2) is 18.2 Å². The average Bonchev–Trinajstić information content (AvgIpc) is 2.44. The Morgan fingerprint density at radius 2 is 1.90 bits per heavy atom. The van der Waals surface area contributed by atoms with Gasteiger partial charge in [-0.25, -0.2) is 4.39 Å². The van der Waals surface area contributed by atoms with Gasteiger partial charge in [-0.05, 0) is 37.2 Å². The summed E-state index contributed by atoms with van der Waals surface area (Å²) in [4.78, 5) is 2.22. The maximum absolute atomic E-state index is 13.4. The van der Waals surface area contributed by atoms with E-state index in [-0.39, 0.29) is 5.82 Å². The molecule has 0 fully saturated rings. The van der Waals surface area contributed by atoms with Crippen molar-refractivity contribution < 1.29 is 13.9 Å². The molecule has 0 aliphatic carbocycles. The lowest BCUT2D eigenvalue weighted by Crippen LogP contribution is -2.30. The molecule has 0 unspecified atom stereocenters. The number of methoxy groups -OCH3 is 2. The Balaban J connectivity index is 2.86. The molecule has 114 valence electrons. The highest BCUT2D eigenvalue weighted by Gasteiger charge is 2.11. The Hall–Kier alpha value is -1.17. The molecule has 0 amide bonds. The van der Waals surface area contributed by atoms with Crippen molar-refractivity contribution in [1.29, 1.82) is 0 Å². The summed E-state index contributed by atoms with van der Waals surface area (Å²) < 4.78 is 23.7. The van der Waals surface area contributed by atoms with Crippen LogP contribution in [0.3, 0.4) is 0 Å². The van der Waals surface area contributed by atoms with Crippen molar-refractivity contribution in [2.75, 3.05) is 52.5 Å². The number of nitrogens with one attached hydrogen (secondary N) is 1. The molecule has 0 saturated heterocycles. The quantitative estimate of drug-likeness (QED) is 0.667. The fourth-order valence-corrected chi connectivity index (χ4v) is 2.15. The van der Waals surface area contributed by atoms with E-state index in [1.807, 2.05) is 13.1 Å². The van der Waals surface area contributed by atoms with E-state index in [4.69, 9.17) is 9.47 Å². The maximum atomic E-state index is 13.4. The van der Waals surface area contributed by atoms with Crippen LogP contribution < -0.4 is 10.2 Å². The van der Waals surface area contributed by atoms with Crippen molar-refractivity contribution >= 4 is 5.69 Å². The second-order valence-corrected chi connectivity index (χ2v) is 4.63. The van der Waals surface area contributed by atoms with E-state index in [0.717, 1.165) is 30.8 Å². The van der Waals surface area contributed by atoms with Crippen molar-refractivity contribution in [3.63, 3.8) is 0 Å². The summed E-state index contributed by atoms with van der Waals surface area (Å²) in [6, 6.07) is 4.93. The molecule has 0 spiro atoms. The van der Waals surface area contributed by atoms with Gasteiger partial charge in [0.05, 0.1) is 6.61 Å². The first-order chi connectivity index (χ1) is 9.72. The first-order valence-electron chi connectivity index (χ1n) is 6.88. The number of nitrogens with zero attached hydrogens (tertiary/aromatic N) is 1. The van der Waals surface area contributed by atoms with Gasteiger partial charge in [0.25, 0.3) is 0 Å². The Morgan fingerprint density at radius 1 is 1.15 bits per heavy atom. The van der Waals surface area contributed by atoms with Gasteiger partial charge in [0.2, 0.25) is 0 Å². The van der Waals surface area contributed by atoms with Crippen LogP contribution in [0.5, 0.6) is 0 Å². The standard InChI is InChI=1S/C15H25FN2O2/c1-17-12-13-11-14(16)5-6-15(13)18(8-10-20-3)7-4-9-19-2/h5-6,11,17H,4,7-10,12H2,1-3H3. The molecule has 0 aromatic heterocycles. The molecule has 0 saturated carbocycles. The smallest absolute Gasteiger partial charge is 0.123 e. The minimum atomic E-state index is -0.206. The summed E-state index contributed by atoms with van der Waals surface area (Å²) in [5, 5.41) is 3.08. The van der Waals surface area contributed by atoms with Crippen molar-refractivity contribution in [3.05, 3.63) is 29.6 Å². The molecule has 0 aliphatic heterocycles. The number of hydrogen-bond acceptors (Lipinski definition) is 4. The Morgan fingerprint density at radius 3 is 2.55 bits per heavy atom. The van der Waals surface area contributed by atoms with Gasteiger partial charge < -0.3 is 19.7 Å². The number of hydrogen-bond donors (Lipinski definition) is 1.